The number of alkyl halides is 3. The summed E-state index contributed by atoms with van der Waals surface area (Å²) in [5.74, 6) is -0.760. The molecule has 0 radical (unpaired) electrons. The average Bonchev–Trinajstić information content (AvgIpc) is 3.69. The zero-order valence-electron chi connectivity index (χ0n) is 23.5. The SMILES string of the molecule is O=C(Nc1nn[nH]n1)c1ccc(CN(C(=O)Nc2nc3ccc(OC(F)(F)F)cc3s2)c2ccc(C3=CCCCC3)cc2)cc1. The summed E-state index contributed by atoms with van der Waals surface area (Å²) >= 11 is 1.03. The number of anilines is 3. The van der Waals surface area contributed by atoms with E-state index < -0.39 is 18.3 Å². The number of carbonyl (C=O) groups is 2. The molecule has 0 fully saturated rings. The van der Waals surface area contributed by atoms with E-state index in [1.54, 1.807) is 24.3 Å². The van der Waals surface area contributed by atoms with Crippen LogP contribution in [-0.4, -0.2) is 43.9 Å². The number of rotatable bonds is 8. The van der Waals surface area contributed by atoms with Crippen molar-refractivity contribution in [1.29, 1.82) is 0 Å². The van der Waals surface area contributed by atoms with E-state index in [-0.39, 0.29) is 23.4 Å². The normalized spacial score (nSPS) is 13.3. The molecule has 0 saturated heterocycles. The lowest BCUT2D eigenvalue weighted by atomic mass is 9.93. The number of ether oxygens (including phenoxy) is 1. The van der Waals surface area contributed by atoms with Gasteiger partial charge in [-0.15, -0.1) is 18.3 Å². The molecule has 0 unspecified atom stereocenters. The molecule has 3 amide bonds. The molecule has 3 aromatic carbocycles. The minimum Gasteiger partial charge on any atom is -0.406 e. The fourth-order valence-electron chi connectivity index (χ4n) is 4.88. The molecular formula is C30H25F3N8O3S. The number of carbonyl (C=O) groups excluding carboxylic acids is 2. The van der Waals surface area contributed by atoms with Gasteiger partial charge in [-0.3, -0.25) is 20.3 Å². The molecule has 5 aromatic rings. The summed E-state index contributed by atoms with van der Waals surface area (Å²) in [4.78, 5) is 32.1. The molecule has 45 heavy (non-hydrogen) atoms. The topological polar surface area (TPSA) is 138 Å². The Morgan fingerprint density at radius 1 is 1.00 bits per heavy atom. The van der Waals surface area contributed by atoms with Crippen LogP contribution in [-0.2, 0) is 6.54 Å². The fourth-order valence-corrected chi connectivity index (χ4v) is 5.77. The summed E-state index contributed by atoms with van der Waals surface area (Å²) in [5.41, 5.74) is 4.50. The van der Waals surface area contributed by atoms with E-state index in [1.807, 2.05) is 24.3 Å². The van der Waals surface area contributed by atoms with Gasteiger partial charge in [-0.25, -0.2) is 9.78 Å². The van der Waals surface area contributed by atoms with Crippen LogP contribution in [0.4, 0.5) is 34.7 Å². The summed E-state index contributed by atoms with van der Waals surface area (Å²) in [5, 5.41) is 18.6. The van der Waals surface area contributed by atoms with Crippen LogP contribution < -0.4 is 20.3 Å². The molecular weight excluding hydrogens is 609 g/mol. The highest BCUT2D eigenvalue weighted by molar-refractivity contribution is 7.22. The Morgan fingerprint density at radius 3 is 2.49 bits per heavy atom. The van der Waals surface area contributed by atoms with Crippen LogP contribution >= 0.6 is 11.3 Å². The molecule has 0 saturated carbocycles. The van der Waals surface area contributed by atoms with Gasteiger partial charge in [0.15, 0.2) is 5.13 Å². The second kappa shape index (κ2) is 12.7. The maximum Gasteiger partial charge on any atom is 0.573 e. The number of benzene rings is 3. The Hall–Kier alpha value is -5.31. The van der Waals surface area contributed by atoms with Crippen molar-refractivity contribution in [3.05, 3.63) is 89.5 Å². The van der Waals surface area contributed by atoms with Crippen molar-refractivity contribution >= 4 is 55.8 Å². The number of fused-ring (bicyclic) bond motifs is 1. The predicted molar refractivity (Wildman–Crippen MR) is 163 cm³/mol. The van der Waals surface area contributed by atoms with Crippen molar-refractivity contribution in [1.82, 2.24) is 25.6 Å². The highest BCUT2D eigenvalue weighted by Crippen LogP contribution is 2.33. The fraction of sp³-hybridized carbons (Fsp3) is 0.200. The number of nitrogens with one attached hydrogen (secondary N) is 3. The maximum absolute atomic E-state index is 13.7. The van der Waals surface area contributed by atoms with Gasteiger partial charge in [0.2, 0.25) is 0 Å². The first-order chi connectivity index (χ1) is 21.7. The van der Waals surface area contributed by atoms with Crippen molar-refractivity contribution < 1.29 is 27.5 Å². The molecule has 1 aliphatic carbocycles. The monoisotopic (exact) mass is 634 g/mol. The number of aromatic nitrogens is 5. The molecule has 0 spiro atoms. The Kier molecular flexibility index (Phi) is 8.42. The van der Waals surface area contributed by atoms with Gasteiger partial charge in [-0.1, -0.05) is 46.8 Å². The molecule has 0 atom stereocenters. The van der Waals surface area contributed by atoms with Crippen LogP contribution in [0, 0.1) is 0 Å². The highest BCUT2D eigenvalue weighted by atomic mass is 32.1. The van der Waals surface area contributed by atoms with E-state index in [0.717, 1.165) is 41.7 Å². The van der Waals surface area contributed by atoms with Gasteiger partial charge in [0.05, 0.1) is 16.8 Å². The Balaban J connectivity index is 1.23. The second-order valence-corrected chi connectivity index (χ2v) is 11.2. The Labute approximate surface area is 258 Å². The molecule has 0 bridgehead atoms. The van der Waals surface area contributed by atoms with Gasteiger partial charge in [0.1, 0.15) is 5.75 Å². The molecule has 1 aliphatic rings. The van der Waals surface area contributed by atoms with Crippen LogP contribution in [0.25, 0.3) is 15.8 Å². The smallest absolute Gasteiger partial charge is 0.406 e. The number of hydrogen-bond donors (Lipinski definition) is 3. The third-order valence-corrected chi connectivity index (χ3v) is 7.95. The first-order valence-electron chi connectivity index (χ1n) is 13.9. The van der Waals surface area contributed by atoms with Crippen molar-refractivity contribution in [3.8, 4) is 5.75 Å². The van der Waals surface area contributed by atoms with Crippen molar-refractivity contribution in [2.24, 2.45) is 0 Å². The number of urea groups is 1. The maximum atomic E-state index is 13.7. The number of allylic oxidation sites excluding steroid dienone is 2. The van der Waals surface area contributed by atoms with Gasteiger partial charge < -0.3 is 4.74 Å². The molecule has 2 heterocycles. The lowest BCUT2D eigenvalue weighted by Crippen LogP contribution is -2.34. The summed E-state index contributed by atoms with van der Waals surface area (Å²) in [6.45, 7) is 0.148. The number of nitrogens with zero attached hydrogens (tertiary/aromatic N) is 5. The zero-order valence-corrected chi connectivity index (χ0v) is 24.3. The molecule has 3 N–H and O–H groups in total. The largest absolute Gasteiger partial charge is 0.573 e. The van der Waals surface area contributed by atoms with Gasteiger partial charge in [-0.2, -0.15) is 5.21 Å². The van der Waals surface area contributed by atoms with Gasteiger partial charge in [-0.05, 0) is 84.0 Å². The van der Waals surface area contributed by atoms with Crippen LogP contribution in [0.2, 0.25) is 0 Å². The van der Waals surface area contributed by atoms with E-state index in [1.165, 1.54) is 35.1 Å². The number of hydrogen-bond acceptors (Lipinski definition) is 8. The van der Waals surface area contributed by atoms with Gasteiger partial charge in [0.25, 0.3) is 11.9 Å². The predicted octanol–water partition coefficient (Wildman–Crippen LogP) is 7.16. The van der Waals surface area contributed by atoms with Crippen LogP contribution in [0.15, 0.2) is 72.8 Å². The van der Waals surface area contributed by atoms with Gasteiger partial charge in [0, 0.05) is 17.3 Å². The summed E-state index contributed by atoms with van der Waals surface area (Å²) < 4.78 is 42.5. The number of H-pyrrole nitrogens is 1. The third-order valence-electron chi connectivity index (χ3n) is 7.02. The summed E-state index contributed by atoms with van der Waals surface area (Å²) in [6.07, 6.45) is 1.78. The average molecular weight is 635 g/mol. The minimum absolute atomic E-state index is 0.0401. The number of halogens is 3. The van der Waals surface area contributed by atoms with Crippen LogP contribution in [0.5, 0.6) is 5.75 Å². The minimum atomic E-state index is -4.82. The summed E-state index contributed by atoms with van der Waals surface area (Å²) in [6, 6.07) is 17.7. The Morgan fingerprint density at radius 2 is 1.80 bits per heavy atom. The summed E-state index contributed by atoms with van der Waals surface area (Å²) in [7, 11) is 0. The number of amides is 3. The molecule has 0 aliphatic heterocycles. The van der Waals surface area contributed by atoms with Crippen molar-refractivity contribution in [2.75, 3.05) is 15.5 Å². The molecule has 11 nitrogen and oxygen atoms in total. The third kappa shape index (κ3) is 7.44. The van der Waals surface area contributed by atoms with Crippen LogP contribution in [0.1, 0.15) is 47.2 Å². The lowest BCUT2D eigenvalue weighted by molar-refractivity contribution is -0.274. The van der Waals surface area contributed by atoms with Crippen LogP contribution in [0.3, 0.4) is 0 Å². The van der Waals surface area contributed by atoms with Gasteiger partial charge >= 0.3 is 12.4 Å². The Bertz CT molecular complexity index is 1840. The molecule has 230 valence electrons. The van der Waals surface area contributed by atoms with E-state index in [4.69, 9.17) is 0 Å². The van der Waals surface area contributed by atoms with E-state index in [2.05, 4.69) is 47.1 Å². The first kappa shape index (κ1) is 29.7. The standard InChI is InChI=1S/C30H25F3N8O3S/c31-30(32,33)44-23-14-15-24-25(16-23)45-28(34-24)36-29(43)41(22-12-10-20(11-13-22)19-4-2-1-3-5-19)17-18-6-8-21(9-7-18)26(42)35-27-37-39-40-38-27/h4,6-16H,1-3,5,17H2,(H,34,36,43)(H2,35,37,38,39,40,42). The first-order valence-corrected chi connectivity index (χ1v) is 14.7. The number of aromatic amines is 1. The van der Waals surface area contributed by atoms with Crippen molar-refractivity contribution in [3.63, 3.8) is 0 Å². The quantitative estimate of drug-likeness (QED) is 0.165. The molecule has 2 aromatic heterocycles. The van der Waals surface area contributed by atoms with E-state index >= 15 is 0 Å². The molecule has 15 heteroatoms. The van der Waals surface area contributed by atoms with E-state index in [9.17, 15) is 22.8 Å². The number of tetrazole rings is 1. The zero-order chi connectivity index (χ0) is 31.4. The number of thiazole rings is 1. The molecule has 6 rings (SSSR count). The van der Waals surface area contributed by atoms with Crippen molar-refractivity contribution in [2.45, 2.75) is 38.6 Å². The van der Waals surface area contributed by atoms with E-state index in [0.29, 0.717) is 21.5 Å². The highest BCUT2D eigenvalue weighted by Gasteiger charge is 2.31. The lowest BCUT2D eigenvalue weighted by Gasteiger charge is -2.23. The second-order valence-electron chi connectivity index (χ2n) is 10.1.